The first-order chi connectivity index (χ1) is 7.13. The van der Waals surface area contributed by atoms with Gasteiger partial charge in [0, 0.05) is 6.54 Å². The fourth-order valence-electron chi connectivity index (χ4n) is 0.973. The van der Waals surface area contributed by atoms with Gasteiger partial charge in [0.25, 0.3) is 0 Å². The van der Waals surface area contributed by atoms with Gasteiger partial charge in [-0.2, -0.15) is 4.98 Å². The van der Waals surface area contributed by atoms with Gasteiger partial charge in [0.1, 0.15) is 0 Å². The molecule has 5 nitrogen and oxygen atoms in total. The van der Waals surface area contributed by atoms with Gasteiger partial charge in [-0.15, -0.1) is 0 Å². The highest BCUT2D eigenvalue weighted by Gasteiger charge is 2.04. The molecule has 0 aliphatic carbocycles. The van der Waals surface area contributed by atoms with Crippen molar-refractivity contribution in [2.45, 2.75) is 19.4 Å². The number of anilines is 1. The van der Waals surface area contributed by atoms with E-state index < -0.39 is 0 Å². The van der Waals surface area contributed by atoms with E-state index in [0.29, 0.717) is 29.3 Å². The van der Waals surface area contributed by atoms with E-state index in [4.69, 9.17) is 9.84 Å². The van der Waals surface area contributed by atoms with Crippen molar-refractivity contribution in [3.8, 4) is 5.88 Å². The summed E-state index contributed by atoms with van der Waals surface area (Å²) in [5, 5.41) is 12.1. The lowest BCUT2D eigenvalue weighted by atomic mass is 10.3. The van der Waals surface area contributed by atoms with Crippen molar-refractivity contribution in [1.82, 2.24) is 9.97 Å². The molecule has 1 aromatic heterocycles. The van der Waals surface area contributed by atoms with E-state index in [1.54, 1.807) is 20.2 Å². The number of aliphatic hydroxyl groups is 1. The van der Waals surface area contributed by atoms with Crippen LogP contribution in [0.5, 0.6) is 5.88 Å². The summed E-state index contributed by atoms with van der Waals surface area (Å²) in [6.45, 7) is 2.37. The normalized spacial score (nSPS) is 12.3. The van der Waals surface area contributed by atoms with Gasteiger partial charge in [0.05, 0.1) is 23.9 Å². The molecule has 0 amide bonds. The van der Waals surface area contributed by atoms with Crippen LogP contribution in [0.1, 0.15) is 13.3 Å². The van der Waals surface area contributed by atoms with Crippen LogP contribution in [0.2, 0.25) is 0 Å². The third-order valence-electron chi connectivity index (χ3n) is 1.75. The number of rotatable bonds is 5. The summed E-state index contributed by atoms with van der Waals surface area (Å²) in [5.41, 5.74) is 0. The molecule has 1 unspecified atom stereocenters. The number of halogens is 1. The number of nitrogens with zero attached hydrogens (tertiary/aromatic N) is 2. The second-order valence-corrected chi connectivity index (χ2v) is 3.97. The Hall–Kier alpha value is -0.880. The lowest BCUT2D eigenvalue weighted by Gasteiger charge is -2.07. The van der Waals surface area contributed by atoms with Crippen LogP contribution in [0.3, 0.4) is 0 Å². The molecule has 1 heterocycles. The summed E-state index contributed by atoms with van der Waals surface area (Å²) in [6, 6.07) is 0. The molecule has 2 N–H and O–H groups in total. The lowest BCUT2D eigenvalue weighted by Crippen LogP contribution is -2.11. The molecule has 6 heteroatoms. The number of hydrogen-bond acceptors (Lipinski definition) is 5. The summed E-state index contributed by atoms with van der Waals surface area (Å²) < 4.78 is 5.74. The van der Waals surface area contributed by atoms with Crippen LogP contribution in [0.4, 0.5) is 5.95 Å². The predicted octanol–water partition coefficient (Wildman–Crippen LogP) is 1.43. The van der Waals surface area contributed by atoms with Crippen LogP contribution in [0.15, 0.2) is 10.7 Å². The van der Waals surface area contributed by atoms with Gasteiger partial charge in [-0.3, -0.25) is 0 Å². The first-order valence-corrected chi connectivity index (χ1v) is 5.41. The van der Waals surface area contributed by atoms with E-state index in [0.717, 1.165) is 0 Å². The van der Waals surface area contributed by atoms with Crippen LogP contribution < -0.4 is 10.1 Å². The Labute approximate surface area is 97.0 Å². The van der Waals surface area contributed by atoms with Gasteiger partial charge in [-0.05, 0) is 29.3 Å². The molecule has 1 rings (SSSR count). The zero-order valence-corrected chi connectivity index (χ0v) is 10.3. The van der Waals surface area contributed by atoms with E-state index in [2.05, 4.69) is 31.2 Å². The highest BCUT2D eigenvalue weighted by atomic mass is 79.9. The molecule has 0 aliphatic rings. The molecule has 0 radical (unpaired) electrons. The van der Waals surface area contributed by atoms with Crippen molar-refractivity contribution < 1.29 is 9.84 Å². The van der Waals surface area contributed by atoms with E-state index in [1.807, 2.05) is 0 Å². The lowest BCUT2D eigenvalue weighted by molar-refractivity contribution is 0.188. The molecule has 0 aromatic carbocycles. The average Bonchev–Trinajstić information content (AvgIpc) is 2.20. The maximum atomic E-state index is 9.06. The van der Waals surface area contributed by atoms with Crippen LogP contribution in [-0.4, -0.2) is 34.8 Å². The van der Waals surface area contributed by atoms with E-state index in [-0.39, 0.29) is 6.10 Å². The Morgan fingerprint density at radius 1 is 1.67 bits per heavy atom. The van der Waals surface area contributed by atoms with Gasteiger partial charge >= 0.3 is 0 Å². The second-order valence-electron chi connectivity index (χ2n) is 3.12. The molecule has 0 aliphatic heterocycles. The maximum Gasteiger partial charge on any atom is 0.232 e. The Kier molecular flexibility index (Phi) is 4.77. The molecule has 15 heavy (non-hydrogen) atoms. The van der Waals surface area contributed by atoms with Crippen LogP contribution in [-0.2, 0) is 0 Å². The smallest absolute Gasteiger partial charge is 0.232 e. The molecule has 1 atom stereocenters. The highest BCUT2D eigenvalue weighted by Crippen LogP contribution is 2.21. The van der Waals surface area contributed by atoms with Gasteiger partial charge < -0.3 is 15.2 Å². The Morgan fingerprint density at radius 2 is 2.40 bits per heavy atom. The summed E-state index contributed by atoms with van der Waals surface area (Å²) in [7, 11) is 1.55. The molecule has 0 fully saturated rings. The Bertz CT molecular complexity index is 320. The van der Waals surface area contributed by atoms with Crippen LogP contribution in [0.25, 0.3) is 0 Å². The fourth-order valence-corrected chi connectivity index (χ4v) is 1.33. The standard InChI is InChI=1S/C9H14BrN3O2/c1-6(14)3-4-11-9-12-5-7(10)8(13-9)15-2/h5-6,14H,3-4H2,1-2H3,(H,11,12,13). The van der Waals surface area contributed by atoms with Gasteiger partial charge in [-0.1, -0.05) is 0 Å². The number of aromatic nitrogens is 2. The molecule has 84 valence electrons. The maximum absolute atomic E-state index is 9.06. The van der Waals surface area contributed by atoms with E-state index in [1.165, 1.54) is 0 Å². The minimum atomic E-state index is -0.324. The minimum Gasteiger partial charge on any atom is -0.480 e. The SMILES string of the molecule is COc1nc(NCCC(C)O)ncc1Br. The van der Waals surface area contributed by atoms with Crippen molar-refractivity contribution in [3.63, 3.8) is 0 Å². The first kappa shape index (κ1) is 12.2. The van der Waals surface area contributed by atoms with E-state index in [9.17, 15) is 0 Å². The van der Waals surface area contributed by atoms with E-state index >= 15 is 0 Å². The van der Waals surface area contributed by atoms with Crippen molar-refractivity contribution in [2.75, 3.05) is 19.0 Å². The molecular formula is C9H14BrN3O2. The highest BCUT2D eigenvalue weighted by molar-refractivity contribution is 9.10. The summed E-state index contributed by atoms with van der Waals surface area (Å²) in [5.74, 6) is 0.986. The Balaban J connectivity index is 2.54. The summed E-state index contributed by atoms with van der Waals surface area (Å²) in [6.07, 6.45) is 1.95. The second kappa shape index (κ2) is 5.87. The fraction of sp³-hybridized carbons (Fsp3) is 0.556. The zero-order chi connectivity index (χ0) is 11.3. The Morgan fingerprint density at radius 3 is 3.00 bits per heavy atom. The molecular weight excluding hydrogens is 262 g/mol. The predicted molar refractivity (Wildman–Crippen MR) is 61.1 cm³/mol. The zero-order valence-electron chi connectivity index (χ0n) is 8.70. The number of methoxy groups -OCH3 is 1. The van der Waals surface area contributed by atoms with Crippen LogP contribution in [0, 0.1) is 0 Å². The third-order valence-corrected chi connectivity index (χ3v) is 2.29. The van der Waals surface area contributed by atoms with Gasteiger partial charge in [0.2, 0.25) is 11.8 Å². The van der Waals surface area contributed by atoms with Crippen LogP contribution >= 0.6 is 15.9 Å². The molecule has 0 saturated carbocycles. The number of nitrogens with one attached hydrogen (secondary N) is 1. The summed E-state index contributed by atoms with van der Waals surface area (Å²) >= 11 is 3.26. The molecule has 0 saturated heterocycles. The minimum absolute atomic E-state index is 0.324. The summed E-state index contributed by atoms with van der Waals surface area (Å²) in [4.78, 5) is 8.17. The van der Waals surface area contributed by atoms with Crippen molar-refractivity contribution in [1.29, 1.82) is 0 Å². The van der Waals surface area contributed by atoms with Gasteiger partial charge in [-0.25, -0.2) is 4.98 Å². The third kappa shape index (κ3) is 4.01. The van der Waals surface area contributed by atoms with Gasteiger partial charge in [0.15, 0.2) is 0 Å². The van der Waals surface area contributed by atoms with Crippen molar-refractivity contribution in [3.05, 3.63) is 10.7 Å². The van der Waals surface area contributed by atoms with Crippen molar-refractivity contribution >= 4 is 21.9 Å². The number of ether oxygens (including phenoxy) is 1. The first-order valence-electron chi connectivity index (χ1n) is 4.62. The molecule has 0 bridgehead atoms. The quantitative estimate of drug-likeness (QED) is 0.851. The monoisotopic (exact) mass is 275 g/mol. The largest absolute Gasteiger partial charge is 0.480 e. The molecule has 0 spiro atoms. The number of aliphatic hydroxyl groups excluding tert-OH is 1. The molecule has 1 aromatic rings. The topological polar surface area (TPSA) is 67.3 Å². The average molecular weight is 276 g/mol. The van der Waals surface area contributed by atoms with Crippen molar-refractivity contribution in [2.24, 2.45) is 0 Å². The number of hydrogen-bond donors (Lipinski definition) is 2.